The smallest absolute Gasteiger partial charge is 0.159 e. The molecule has 2 aromatic heterocycles. The van der Waals surface area contributed by atoms with Gasteiger partial charge in [-0.1, -0.05) is 66.7 Å². The van der Waals surface area contributed by atoms with Crippen LogP contribution in [0.1, 0.15) is 16.8 Å². The highest BCUT2D eigenvalue weighted by Crippen LogP contribution is 2.41. The van der Waals surface area contributed by atoms with E-state index < -0.39 is 5.60 Å². The number of fused-ring (bicyclic) bond motifs is 2. The Kier molecular flexibility index (Phi) is 5.63. The van der Waals surface area contributed by atoms with Gasteiger partial charge in [-0.05, 0) is 64.4 Å². The van der Waals surface area contributed by atoms with Gasteiger partial charge in [0.25, 0.3) is 0 Å². The highest BCUT2D eigenvalue weighted by Gasteiger charge is 2.38. The molecule has 0 aliphatic rings. The lowest BCUT2D eigenvalue weighted by atomic mass is 9.83. The van der Waals surface area contributed by atoms with Crippen LogP contribution in [-0.4, -0.2) is 28.7 Å². The lowest BCUT2D eigenvalue weighted by molar-refractivity contribution is 0.123. The first-order valence-corrected chi connectivity index (χ1v) is 12.1. The van der Waals surface area contributed by atoms with E-state index in [2.05, 4.69) is 30.3 Å². The van der Waals surface area contributed by atoms with E-state index in [1.807, 2.05) is 89.5 Å². The van der Waals surface area contributed by atoms with Crippen molar-refractivity contribution in [3.63, 3.8) is 0 Å². The van der Waals surface area contributed by atoms with Gasteiger partial charge in [-0.3, -0.25) is 4.40 Å². The van der Waals surface area contributed by atoms with Gasteiger partial charge in [-0.25, -0.2) is 4.98 Å². The number of imidazole rings is 1. The molecule has 6 rings (SSSR count). The molecule has 4 aromatic carbocycles. The molecule has 0 bridgehead atoms. The largest absolute Gasteiger partial charge is 0.497 e. The van der Waals surface area contributed by atoms with Gasteiger partial charge in [0.2, 0.25) is 0 Å². The predicted molar refractivity (Wildman–Crippen MR) is 146 cm³/mol. The van der Waals surface area contributed by atoms with Gasteiger partial charge in [0, 0.05) is 11.8 Å². The summed E-state index contributed by atoms with van der Waals surface area (Å²) in [7, 11) is 3.26. The standard InChI is InChI=1S/C32H26N2O3/c1-36-27-16-12-25(13-17-27)32(35,26-14-18-28(37-2)19-15-26)30-29-9-5-6-20-34(29)31(33-30)24-11-10-22-7-3-4-8-23(22)21-24/h3-21,35H,1-2H3. The van der Waals surface area contributed by atoms with Crippen LogP contribution < -0.4 is 9.47 Å². The fourth-order valence-corrected chi connectivity index (χ4v) is 4.94. The molecule has 0 unspecified atom stereocenters. The number of methoxy groups -OCH3 is 2. The number of nitrogens with zero attached hydrogens (tertiary/aromatic N) is 2. The first-order valence-electron chi connectivity index (χ1n) is 12.1. The Balaban J connectivity index is 1.62. The summed E-state index contributed by atoms with van der Waals surface area (Å²) < 4.78 is 12.8. The average molecular weight is 487 g/mol. The third-order valence-corrected chi connectivity index (χ3v) is 6.91. The van der Waals surface area contributed by atoms with Crippen LogP contribution in [0.4, 0.5) is 0 Å². The van der Waals surface area contributed by atoms with Gasteiger partial charge in [-0.2, -0.15) is 0 Å². The number of aromatic nitrogens is 2. The predicted octanol–water partition coefficient (Wildman–Crippen LogP) is 6.46. The number of hydrogen-bond donors (Lipinski definition) is 1. The molecule has 0 aliphatic carbocycles. The lowest BCUT2D eigenvalue weighted by Crippen LogP contribution is -2.29. The van der Waals surface area contributed by atoms with Crippen LogP contribution in [-0.2, 0) is 5.60 Å². The molecular weight excluding hydrogens is 460 g/mol. The van der Waals surface area contributed by atoms with Crippen LogP contribution in [0.3, 0.4) is 0 Å². The summed E-state index contributed by atoms with van der Waals surface area (Å²) in [6.45, 7) is 0. The van der Waals surface area contributed by atoms with E-state index in [0.717, 1.165) is 22.3 Å². The zero-order valence-electron chi connectivity index (χ0n) is 20.6. The van der Waals surface area contributed by atoms with Crippen molar-refractivity contribution in [2.24, 2.45) is 0 Å². The summed E-state index contributed by atoms with van der Waals surface area (Å²) in [5, 5.41) is 14.9. The maximum atomic E-state index is 12.6. The number of rotatable bonds is 6. The van der Waals surface area contributed by atoms with Crippen molar-refractivity contribution >= 4 is 16.3 Å². The number of hydrogen-bond acceptors (Lipinski definition) is 4. The van der Waals surface area contributed by atoms with E-state index in [1.54, 1.807) is 14.2 Å². The van der Waals surface area contributed by atoms with Crippen LogP contribution >= 0.6 is 0 Å². The minimum atomic E-state index is -1.53. The molecule has 1 N–H and O–H groups in total. The molecule has 0 radical (unpaired) electrons. The molecule has 0 fully saturated rings. The van der Waals surface area contributed by atoms with E-state index in [-0.39, 0.29) is 0 Å². The fourth-order valence-electron chi connectivity index (χ4n) is 4.94. The third-order valence-electron chi connectivity index (χ3n) is 6.91. The quantitative estimate of drug-likeness (QED) is 0.294. The molecule has 5 nitrogen and oxygen atoms in total. The maximum Gasteiger partial charge on any atom is 0.159 e. The fraction of sp³-hybridized carbons (Fsp3) is 0.0938. The molecule has 0 saturated heterocycles. The van der Waals surface area contributed by atoms with Gasteiger partial charge >= 0.3 is 0 Å². The second-order valence-electron chi connectivity index (χ2n) is 8.97. The number of ether oxygens (including phenoxy) is 2. The normalized spacial score (nSPS) is 11.6. The Morgan fingerprint density at radius 3 is 1.89 bits per heavy atom. The summed E-state index contributed by atoms with van der Waals surface area (Å²) in [5.74, 6) is 2.19. The number of pyridine rings is 1. The van der Waals surface area contributed by atoms with E-state index >= 15 is 0 Å². The third kappa shape index (κ3) is 3.81. The second kappa shape index (κ2) is 9.12. The first kappa shape index (κ1) is 22.8. The maximum absolute atomic E-state index is 12.6. The highest BCUT2D eigenvalue weighted by atomic mass is 16.5. The average Bonchev–Trinajstić information content (AvgIpc) is 3.37. The molecule has 0 saturated carbocycles. The monoisotopic (exact) mass is 486 g/mol. The topological polar surface area (TPSA) is 56.0 Å². The summed E-state index contributed by atoms with van der Waals surface area (Å²) in [6, 6.07) is 35.5. The highest BCUT2D eigenvalue weighted by molar-refractivity contribution is 5.87. The Hall–Kier alpha value is -4.61. The number of benzene rings is 4. The summed E-state index contributed by atoms with van der Waals surface area (Å²) in [5.41, 5.74) is 2.18. The van der Waals surface area contributed by atoms with Gasteiger partial charge < -0.3 is 14.6 Å². The molecule has 5 heteroatoms. The minimum Gasteiger partial charge on any atom is -0.497 e. The molecule has 182 valence electrons. The van der Waals surface area contributed by atoms with Crippen molar-refractivity contribution in [2.75, 3.05) is 14.2 Å². The lowest BCUT2D eigenvalue weighted by Gasteiger charge is -2.28. The van der Waals surface area contributed by atoms with Crippen molar-refractivity contribution in [1.82, 2.24) is 9.38 Å². The SMILES string of the molecule is COc1ccc(C(O)(c2ccc(OC)cc2)c2nc(-c3ccc4ccccc4c3)n3ccccc23)cc1. The van der Waals surface area contributed by atoms with E-state index in [9.17, 15) is 5.11 Å². The molecule has 6 aromatic rings. The zero-order valence-corrected chi connectivity index (χ0v) is 20.6. The van der Waals surface area contributed by atoms with Crippen molar-refractivity contribution in [2.45, 2.75) is 5.60 Å². The summed E-state index contributed by atoms with van der Waals surface area (Å²) >= 11 is 0. The van der Waals surface area contributed by atoms with Crippen LogP contribution in [0, 0.1) is 0 Å². The first-order chi connectivity index (χ1) is 18.1. The van der Waals surface area contributed by atoms with Gasteiger partial charge in [0.15, 0.2) is 5.60 Å². The molecule has 0 amide bonds. The van der Waals surface area contributed by atoms with Gasteiger partial charge in [0.05, 0.1) is 19.7 Å². The second-order valence-corrected chi connectivity index (χ2v) is 8.97. The van der Waals surface area contributed by atoms with Crippen LogP contribution in [0.5, 0.6) is 11.5 Å². The van der Waals surface area contributed by atoms with Crippen molar-refractivity contribution in [3.8, 4) is 22.9 Å². The number of aliphatic hydroxyl groups is 1. The van der Waals surface area contributed by atoms with Crippen LogP contribution in [0.2, 0.25) is 0 Å². The van der Waals surface area contributed by atoms with Crippen molar-refractivity contribution < 1.29 is 14.6 Å². The molecule has 2 heterocycles. The summed E-state index contributed by atoms with van der Waals surface area (Å²) in [4.78, 5) is 5.13. The zero-order chi connectivity index (χ0) is 25.4. The minimum absolute atomic E-state index is 0.548. The molecular formula is C32H26N2O3. The van der Waals surface area contributed by atoms with Crippen LogP contribution in [0.25, 0.3) is 27.7 Å². The molecule has 0 atom stereocenters. The van der Waals surface area contributed by atoms with E-state index in [4.69, 9.17) is 14.5 Å². The van der Waals surface area contributed by atoms with Crippen molar-refractivity contribution in [3.05, 3.63) is 132 Å². The molecule has 0 spiro atoms. The Morgan fingerprint density at radius 2 is 1.27 bits per heavy atom. The Bertz CT molecular complexity index is 1660. The summed E-state index contributed by atoms with van der Waals surface area (Å²) in [6.07, 6.45) is 1.98. The Labute approximate surface area is 215 Å². The van der Waals surface area contributed by atoms with E-state index in [0.29, 0.717) is 28.3 Å². The molecule has 37 heavy (non-hydrogen) atoms. The van der Waals surface area contributed by atoms with E-state index in [1.165, 1.54) is 5.39 Å². The van der Waals surface area contributed by atoms with Crippen molar-refractivity contribution in [1.29, 1.82) is 0 Å². The van der Waals surface area contributed by atoms with Crippen LogP contribution in [0.15, 0.2) is 115 Å². The van der Waals surface area contributed by atoms with Gasteiger partial charge in [-0.15, -0.1) is 0 Å². The van der Waals surface area contributed by atoms with Gasteiger partial charge in [0.1, 0.15) is 23.0 Å². The molecule has 0 aliphatic heterocycles. The Morgan fingerprint density at radius 1 is 0.676 bits per heavy atom.